The lowest BCUT2D eigenvalue weighted by molar-refractivity contribution is 0.563. The number of rotatable bonds is 5. The van der Waals surface area contributed by atoms with Crippen molar-refractivity contribution in [3.05, 3.63) is 65.9 Å². The van der Waals surface area contributed by atoms with Crippen LogP contribution in [0.4, 0.5) is 4.39 Å². The van der Waals surface area contributed by atoms with Crippen LogP contribution < -0.4 is 5.32 Å². The number of hydrogen-bond acceptors (Lipinski definition) is 2. The number of hydrogen-bond donors (Lipinski definition) is 2. The number of fused-ring (bicyclic) bond motifs is 1. The van der Waals surface area contributed by atoms with Gasteiger partial charge in [0.25, 0.3) is 0 Å². The van der Waals surface area contributed by atoms with Crippen molar-refractivity contribution < 1.29 is 4.39 Å². The lowest BCUT2D eigenvalue weighted by Crippen LogP contribution is -2.21. The molecular weight excluding hydrogens is 265 g/mol. The van der Waals surface area contributed by atoms with Crippen molar-refractivity contribution in [2.45, 2.75) is 19.4 Å². The first-order valence-corrected chi connectivity index (χ1v) is 7.13. The summed E-state index contributed by atoms with van der Waals surface area (Å²) < 4.78 is 13.2. The minimum absolute atomic E-state index is 0.0819. The standard InChI is InChI=1S/C17H18FN3/c1-12(14-8-15(18)11-19-9-14)20-7-6-13-10-21-17-5-3-2-4-16(13)17/h2-5,8-12,20-21H,6-7H2,1H3. The van der Waals surface area contributed by atoms with E-state index in [1.165, 1.54) is 23.2 Å². The molecule has 0 fully saturated rings. The SMILES string of the molecule is CC(NCCc1c[nH]c2ccccc12)c1cncc(F)c1. The average molecular weight is 283 g/mol. The predicted octanol–water partition coefficient (Wildman–Crippen LogP) is 3.60. The van der Waals surface area contributed by atoms with Crippen LogP contribution >= 0.6 is 0 Å². The Hall–Kier alpha value is -2.20. The molecule has 0 bridgehead atoms. The van der Waals surface area contributed by atoms with E-state index in [-0.39, 0.29) is 11.9 Å². The van der Waals surface area contributed by atoms with Crippen molar-refractivity contribution in [1.29, 1.82) is 0 Å². The van der Waals surface area contributed by atoms with Crippen LogP contribution in [0.2, 0.25) is 0 Å². The molecule has 0 radical (unpaired) electrons. The molecule has 3 nitrogen and oxygen atoms in total. The Morgan fingerprint density at radius 2 is 2.14 bits per heavy atom. The fourth-order valence-electron chi connectivity index (χ4n) is 2.54. The van der Waals surface area contributed by atoms with Gasteiger partial charge >= 0.3 is 0 Å². The van der Waals surface area contributed by atoms with E-state index in [9.17, 15) is 4.39 Å². The van der Waals surface area contributed by atoms with Gasteiger partial charge in [0.05, 0.1) is 6.20 Å². The minimum Gasteiger partial charge on any atom is -0.361 e. The summed E-state index contributed by atoms with van der Waals surface area (Å²) in [6, 6.07) is 9.89. The lowest BCUT2D eigenvalue weighted by Gasteiger charge is -2.13. The van der Waals surface area contributed by atoms with Crippen molar-refractivity contribution in [3.63, 3.8) is 0 Å². The number of benzene rings is 1. The van der Waals surface area contributed by atoms with Crippen molar-refractivity contribution in [2.75, 3.05) is 6.54 Å². The third-order valence-electron chi connectivity index (χ3n) is 3.75. The normalized spacial score (nSPS) is 12.7. The van der Waals surface area contributed by atoms with Crippen molar-refractivity contribution >= 4 is 10.9 Å². The van der Waals surface area contributed by atoms with Gasteiger partial charge in [-0.15, -0.1) is 0 Å². The summed E-state index contributed by atoms with van der Waals surface area (Å²) in [7, 11) is 0. The zero-order valence-electron chi connectivity index (χ0n) is 11.9. The van der Waals surface area contributed by atoms with E-state index in [0.717, 1.165) is 24.0 Å². The van der Waals surface area contributed by atoms with Crippen LogP contribution in [0.1, 0.15) is 24.1 Å². The van der Waals surface area contributed by atoms with Gasteiger partial charge < -0.3 is 10.3 Å². The Kier molecular flexibility index (Phi) is 3.97. The quantitative estimate of drug-likeness (QED) is 0.751. The highest BCUT2D eigenvalue weighted by Crippen LogP contribution is 2.18. The minimum atomic E-state index is -0.294. The fraction of sp³-hybridized carbons (Fsp3) is 0.235. The van der Waals surface area contributed by atoms with Crippen molar-refractivity contribution in [1.82, 2.24) is 15.3 Å². The molecule has 1 aromatic carbocycles. The number of halogens is 1. The Morgan fingerprint density at radius 1 is 1.29 bits per heavy atom. The van der Waals surface area contributed by atoms with Crippen LogP contribution in [0.5, 0.6) is 0 Å². The van der Waals surface area contributed by atoms with Gasteiger partial charge in [-0.05, 0) is 43.1 Å². The molecular formula is C17H18FN3. The first-order valence-electron chi connectivity index (χ1n) is 7.13. The molecule has 4 heteroatoms. The van der Waals surface area contributed by atoms with Gasteiger partial charge in [0.1, 0.15) is 5.82 Å². The molecule has 0 aliphatic carbocycles. The number of aromatic nitrogens is 2. The predicted molar refractivity (Wildman–Crippen MR) is 82.6 cm³/mol. The van der Waals surface area contributed by atoms with E-state index in [0.29, 0.717) is 0 Å². The number of para-hydroxylation sites is 1. The van der Waals surface area contributed by atoms with Crippen LogP contribution in [0, 0.1) is 5.82 Å². The van der Waals surface area contributed by atoms with E-state index < -0.39 is 0 Å². The molecule has 108 valence electrons. The van der Waals surface area contributed by atoms with Gasteiger partial charge in [0, 0.05) is 29.3 Å². The molecule has 0 aliphatic rings. The van der Waals surface area contributed by atoms with E-state index in [2.05, 4.69) is 33.6 Å². The molecule has 0 saturated heterocycles. The molecule has 0 saturated carbocycles. The number of pyridine rings is 1. The van der Waals surface area contributed by atoms with Gasteiger partial charge in [-0.3, -0.25) is 4.98 Å². The van der Waals surface area contributed by atoms with E-state index in [1.54, 1.807) is 6.20 Å². The molecule has 21 heavy (non-hydrogen) atoms. The van der Waals surface area contributed by atoms with E-state index in [4.69, 9.17) is 0 Å². The van der Waals surface area contributed by atoms with Crippen LogP contribution in [-0.2, 0) is 6.42 Å². The van der Waals surface area contributed by atoms with Gasteiger partial charge in [-0.25, -0.2) is 4.39 Å². The molecule has 2 heterocycles. The molecule has 1 atom stereocenters. The number of H-pyrrole nitrogens is 1. The summed E-state index contributed by atoms with van der Waals surface area (Å²) in [6.45, 7) is 2.85. The van der Waals surface area contributed by atoms with E-state index >= 15 is 0 Å². The average Bonchev–Trinajstić information content (AvgIpc) is 2.91. The van der Waals surface area contributed by atoms with Gasteiger partial charge in [0.15, 0.2) is 0 Å². The molecule has 3 aromatic rings. The highest BCUT2D eigenvalue weighted by molar-refractivity contribution is 5.83. The van der Waals surface area contributed by atoms with Gasteiger partial charge in [0.2, 0.25) is 0 Å². The van der Waals surface area contributed by atoms with Gasteiger partial charge in [-0.2, -0.15) is 0 Å². The molecule has 2 aromatic heterocycles. The van der Waals surface area contributed by atoms with Crippen molar-refractivity contribution in [3.8, 4) is 0 Å². The lowest BCUT2D eigenvalue weighted by atomic mass is 10.1. The van der Waals surface area contributed by atoms with Gasteiger partial charge in [-0.1, -0.05) is 18.2 Å². The number of nitrogens with one attached hydrogen (secondary N) is 2. The Labute approximate surface area is 123 Å². The monoisotopic (exact) mass is 283 g/mol. The first kappa shape index (κ1) is 13.8. The molecule has 1 unspecified atom stereocenters. The highest BCUT2D eigenvalue weighted by Gasteiger charge is 2.07. The maximum atomic E-state index is 13.2. The number of aromatic amines is 1. The van der Waals surface area contributed by atoms with E-state index in [1.807, 2.05) is 19.1 Å². The third kappa shape index (κ3) is 3.11. The highest BCUT2D eigenvalue weighted by atomic mass is 19.1. The van der Waals surface area contributed by atoms with Crippen LogP contribution in [0.25, 0.3) is 10.9 Å². The molecule has 0 spiro atoms. The third-order valence-corrected chi connectivity index (χ3v) is 3.75. The zero-order chi connectivity index (χ0) is 14.7. The summed E-state index contributed by atoms with van der Waals surface area (Å²) in [5.41, 5.74) is 3.33. The van der Waals surface area contributed by atoms with Crippen LogP contribution in [0.3, 0.4) is 0 Å². The Morgan fingerprint density at radius 3 is 3.00 bits per heavy atom. The first-order chi connectivity index (χ1) is 10.2. The van der Waals surface area contributed by atoms with Crippen molar-refractivity contribution in [2.24, 2.45) is 0 Å². The fourth-order valence-corrected chi connectivity index (χ4v) is 2.54. The van der Waals surface area contributed by atoms with Crippen LogP contribution in [-0.4, -0.2) is 16.5 Å². The second kappa shape index (κ2) is 6.06. The molecule has 3 rings (SSSR count). The second-order valence-electron chi connectivity index (χ2n) is 5.22. The summed E-state index contributed by atoms with van der Waals surface area (Å²) >= 11 is 0. The number of nitrogens with zero attached hydrogens (tertiary/aromatic N) is 1. The Bertz CT molecular complexity index is 735. The molecule has 0 aliphatic heterocycles. The summed E-state index contributed by atoms with van der Waals surface area (Å²) in [6.07, 6.45) is 5.91. The summed E-state index contributed by atoms with van der Waals surface area (Å²) in [4.78, 5) is 7.16. The molecule has 0 amide bonds. The maximum Gasteiger partial charge on any atom is 0.141 e. The topological polar surface area (TPSA) is 40.7 Å². The largest absolute Gasteiger partial charge is 0.361 e. The summed E-state index contributed by atoms with van der Waals surface area (Å²) in [5, 5.41) is 4.67. The zero-order valence-corrected chi connectivity index (χ0v) is 11.9. The smallest absolute Gasteiger partial charge is 0.141 e. The Balaban J connectivity index is 1.61. The summed E-state index contributed by atoms with van der Waals surface area (Å²) in [5.74, 6) is -0.294. The maximum absolute atomic E-state index is 13.2. The molecule has 2 N–H and O–H groups in total. The second-order valence-corrected chi connectivity index (χ2v) is 5.22. The van der Waals surface area contributed by atoms with Crippen LogP contribution in [0.15, 0.2) is 48.9 Å².